The highest BCUT2D eigenvalue weighted by molar-refractivity contribution is 9.10. The summed E-state index contributed by atoms with van der Waals surface area (Å²) in [6, 6.07) is 7.80. The van der Waals surface area contributed by atoms with Crippen molar-refractivity contribution in [2.45, 2.75) is 39.0 Å². The van der Waals surface area contributed by atoms with Crippen molar-refractivity contribution >= 4 is 45.2 Å². The van der Waals surface area contributed by atoms with Gasteiger partial charge in [-0.25, -0.2) is 0 Å². The lowest BCUT2D eigenvalue weighted by atomic mass is 9.72. The van der Waals surface area contributed by atoms with Gasteiger partial charge in [-0.15, -0.1) is 0 Å². The van der Waals surface area contributed by atoms with Gasteiger partial charge in [0.2, 0.25) is 0 Å². The molecule has 0 saturated carbocycles. The van der Waals surface area contributed by atoms with Gasteiger partial charge in [-0.1, -0.05) is 41.1 Å². The number of ether oxygens (including phenoxy) is 1. The molecule has 0 spiro atoms. The molecule has 2 atom stereocenters. The van der Waals surface area contributed by atoms with Crippen LogP contribution in [0.2, 0.25) is 0 Å². The second kappa shape index (κ2) is 9.20. The van der Waals surface area contributed by atoms with Crippen molar-refractivity contribution < 1.29 is 14.3 Å². The molecule has 27 heavy (non-hydrogen) atoms. The monoisotopic (exact) mass is 449 g/mol. The Morgan fingerprint density at radius 1 is 1.33 bits per heavy atom. The van der Waals surface area contributed by atoms with Crippen LogP contribution in [-0.4, -0.2) is 35.6 Å². The Morgan fingerprint density at radius 2 is 2.11 bits per heavy atom. The number of esters is 1. The summed E-state index contributed by atoms with van der Waals surface area (Å²) in [7, 11) is 0. The number of allylic oxidation sites excluding steroid dienone is 2. The molecule has 0 saturated heterocycles. The predicted molar refractivity (Wildman–Crippen MR) is 113 cm³/mol. The summed E-state index contributed by atoms with van der Waals surface area (Å²) in [6.45, 7) is 4.33. The molecule has 1 aromatic rings. The first kappa shape index (κ1) is 20.3. The fourth-order valence-electron chi connectivity index (χ4n) is 3.81. The van der Waals surface area contributed by atoms with Crippen molar-refractivity contribution in [3.63, 3.8) is 0 Å². The van der Waals surface area contributed by atoms with E-state index in [-0.39, 0.29) is 17.7 Å². The zero-order valence-corrected chi connectivity index (χ0v) is 18.1. The molecule has 1 unspecified atom stereocenters. The van der Waals surface area contributed by atoms with Gasteiger partial charge in [0.15, 0.2) is 5.78 Å². The van der Waals surface area contributed by atoms with Crippen LogP contribution in [0.3, 0.4) is 0 Å². The Morgan fingerprint density at radius 3 is 2.85 bits per heavy atom. The van der Waals surface area contributed by atoms with Gasteiger partial charge in [-0.2, -0.15) is 11.8 Å². The van der Waals surface area contributed by atoms with E-state index in [0.29, 0.717) is 18.6 Å². The summed E-state index contributed by atoms with van der Waals surface area (Å²) < 4.78 is 6.47. The lowest BCUT2D eigenvalue weighted by Gasteiger charge is -2.34. The van der Waals surface area contributed by atoms with Crippen LogP contribution in [0.5, 0.6) is 0 Å². The highest BCUT2D eigenvalue weighted by Gasteiger charge is 2.43. The molecule has 4 nitrogen and oxygen atoms in total. The van der Waals surface area contributed by atoms with Crippen LogP contribution in [0.1, 0.15) is 44.6 Å². The minimum atomic E-state index is -0.559. The summed E-state index contributed by atoms with van der Waals surface area (Å²) >= 11 is 5.35. The first-order chi connectivity index (χ1) is 13.0. The van der Waals surface area contributed by atoms with Gasteiger partial charge >= 0.3 is 5.97 Å². The molecule has 144 valence electrons. The maximum atomic E-state index is 13.0. The van der Waals surface area contributed by atoms with E-state index in [1.807, 2.05) is 31.2 Å². The summed E-state index contributed by atoms with van der Waals surface area (Å²) in [5.41, 5.74) is 3.22. The van der Waals surface area contributed by atoms with Gasteiger partial charge in [0, 0.05) is 39.5 Å². The molecule has 3 rings (SSSR count). The summed E-state index contributed by atoms with van der Waals surface area (Å²) in [4.78, 5) is 30.4. The van der Waals surface area contributed by atoms with Crippen molar-refractivity contribution in [2.24, 2.45) is 10.9 Å². The fourth-order valence-corrected chi connectivity index (χ4v) is 4.83. The second-order valence-corrected chi connectivity index (χ2v) is 8.98. The number of carbonyl (C=O) groups is 2. The largest absolute Gasteiger partial charge is 0.464 e. The van der Waals surface area contributed by atoms with Gasteiger partial charge < -0.3 is 4.74 Å². The van der Waals surface area contributed by atoms with E-state index in [2.05, 4.69) is 27.8 Å². The van der Waals surface area contributed by atoms with Crippen molar-refractivity contribution in [2.75, 3.05) is 18.1 Å². The van der Waals surface area contributed by atoms with Crippen molar-refractivity contribution in [1.29, 1.82) is 0 Å². The zero-order chi connectivity index (χ0) is 19.4. The maximum absolute atomic E-state index is 13.0. The van der Waals surface area contributed by atoms with Crippen LogP contribution in [0.25, 0.3) is 0 Å². The van der Waals surface area contributed by atoms with Gasteiger partial charge in [0.25, 0.3) is 0 Å². The molecule has 0 fully saturated rings. The molecule has 0 amide bonds. The molecule has 0 N–H and O–H groups in total. The molecular formula is C21H24BrNO3S. The number of benzene rings is 1. The Bertz CT molecular complexity index is 802. The Hall–Kier alpha value is -1.40. The number of nitrogens with zero attached hydrogens (tertiary/aromatic N) is 1. The SMILES string of the molecule is CCSCCOC(=O)C1C(C)=NC2=C(C(=O)CCC2)[C@@H]1c1ccccc1Br. The Labute approximate surface area is 173 Å². The number of carbonyl (C=O) groups excluding carboxylic acids is 2. The average Bonchev–Trinajstić information content (AvgIpc) is 2.65. The van der Waals surface area contributed by atoms with Crippen LogP contribution in [0, 0.1) is 5.92 Å². The van der Waals surface area contributed by atoms with E-state index in [4.69, 9.17) is 4.74 Å². The number of hydrogen-bond acceptors (Lipinski definition) is 5. The van der Waals surface area contributed by atoms with E-state index in [1.54, 1.807) is 11.8 Å². The number of aliphatic imine (C=N–C) groups is 1. The molecule has 6 heteroatoms. The van der Waals surface area contributed by atoms with Gasteiger partial charge in [-0.05, 0) is 37.1 Å². The second-order valence-electron chi connectivity index (χ2n) is 6.73. The third-order valence-corrected chi connectivity index (χ3v) is 6.59. The lowest BCUT2D eigenvalue weighted by Crippen LogP contribution is -2.37. The zero-order valence-electron chi connectivity index (χ0n) is 15.7. The number of halogens is 1. The number of Topliss-reactive ketones (excluding diaryl/α,β-unsaturated/α-hetero) is 1. The first-order valence-electron chi connectivity index (χ1n) is 9.34. The topological polar surface area (TPSA) is 55.7 Å². The summed E-state index contributed by atoms with van der Waals surface area (Å²) in [5, 5.41) is 0. The molecule has 2 aliphatic rings. The fraction of sp³-hybridized carbons (Fsp3) is 0.476. The minimum absolute atomic E-state index is 0.104. The predicted octanol–water partition coefficient (Wildman–Crippen LogP) is 4.93. The van der Waals surface area contributed by atoms with Crippen LogP contribution in [-0.2, 0) is 14.3 Å². The van der Waals surface area contributed by atoms with E-state index in [0.717, 1.165) is 45.8 Å². The minimum Gasteiger partial charge on any atom is -0.464 e. The average molecular weight is 450 g/mol. The van der Waals surface area contributed by atoms with Crippen molar-refractivity contribution in [3.05, 3.63) is 45.6 Å². The normalized spacial score (nSPS) is 22.3. The number of hydrogen-bond donors (Lipinski definition) is 0. The molecular weight excluding hydrogens is 426 g/mol. The molecule has 0 aromatic heterocycles. The van der Waals surface area contributed by atoms with Crippen LogP contribution < -0.4 is 0 Å². The van der Waals surface area contributed by atoms with E-state index in [1.165, 1.54) is 0 Å². The van der Waals surface area contributed by atoms with Crippen LogP contribution in [0.4, 0.5) is 0 Å². The Balaban J connectivity index is 1.99. The summed E-state index contributed by atoms with van der Waals surface area (Å²) in [6.07, 6.45) is 2.12. The van der Waals surface area contributed by atoms with Gasteiger partial charge in [-0.3, -0.25) is 14.6 Å². The van der Waals surface area contributed by atoms with Crippen LogP contribution >= 0.6 is 27.7 Å². The van der Waals surface area contributed by atoms with Crippen molar-refractivity contribution in [3.8, 4) is 0 Å². The number of rotatable bonds is 6. The highest BCUT2D eigenvalue weighted by Crippen LogP contribution is 2.45. The van der Waals surface area contributed by atoms with E-state index in [9.17, 15) is 9.59 Å². The molecule has 0 radical (unpaired) electrons. The number of ketones is 1. The smallest absolute Gasteiger partial charge is 0.315 e. The van der Waals surface area contributed by atoms with Gasteiger partial charge in [0.1, 0.15) is 12.5 Å². The third kappa shape index (κ3) is 4.37. The number of thioether (sulfide) groups is 1. The molecule has 1 aromatic carbocycles. The van der Waals surface area contributed by atoms with Crippen LogP contribution in [0.15, 0.2) is 45.0 Å². The quantitative estimate of drug-likeness (QED) is 0.456. The van der Waals surface area contributed by atoms with E-state index < -0.39 is 5.92 Å². The molecule has 1 heterocycles. The third-order valence-electron chi connectivity index (χ3n) is 5.00. The van der Waals surface area contributed by atoms with E-state index >= 15 is 0 Å². The summed E-state index contributed by atoms with van der Waals surface area (Å²) in [5.74, 6) is 0.679. The maximum Gasteiger partial charge on any atom is 0.315 e. The Kier molecular flexibility index (Phi) is 6.93. The standard InChI is InChI=1S/C21H24BrNO3S/c1-3-27-12-11-26-21(25)18-13(2)23-16-9-6-10-17(24)20(16)19(18)14-7-4-5-8-15(14)22/h4-5,7-8,18-19H,3,6,9-12H2,1-2H3/t18?,19-/m1/s1. The van der Waals surface area contributed by atoms with Gasteiger partial charge in [0.05, 0.1) is 0 Å². The highest BCUT2D eigenvalue weighted by atomic mass is 79.9. The lowest BCUT2D eigenvalue weighted by molar-refractivity contribution is -0.145. The van der Waals surface area contributed by atoms with Crippen molar-refractivity contribution in [1.82, 2.24) is 0 Å². The first-order valence-corrected chi connectivity index (χ1v) is 11.3. The molecule has 1 aliphatic carbocycles. The molecule has 1 aliphatic heterocycles. The molecule has 0 bridgehead atoms.